The fourth-order valence-electron chi connectivity index (χ4n) is 2.18. The van der Waals surface area contributed by atoms with Gasteiger partial charge < -0.3 is 14.6 Å². The molecule has 0 aliphatic carbocycles. The standard InChI is InChI=1S/C14H20ClNO3/c1-2-16-6-7-18-11(8-16)10-19-14-5-3-4-13(15)12(14)9-17/h3-5,11,17H,2,6-10H2,1H3. The minimum atomic E-state index is -0.123. The number of morpholine rings is 1. The van der Waals surface area contributed by atoms with Crippen molar-refractivity contribution in [2.45, 2.75) is 19.6 Å². The Balaban J connectivity index is 1.93. The molecule has 0 spiro atoms. The van der Waals surface area contributed by atoms with Crippen LogP contribution < -0.4 is 4.74 Å². The van der Waals surface area contributed by atoms with Crippen LogP contribution in [0.4, 0.5) is 0 Å². The van der Waals surface area contributed by atoms with Gasteiger partial charge in [-0.3, -0.25) is 4.90 Å². The molecular weight excluding hydrogens is 266 g/mol. The fourth-order valence-corrected chi connectivity index (χ4v) is 2.40. The largest absolute Gasteiger partial charge is 0.490 e. The zero-order valence-corrected chi connectivity index (χ0v) is 11.9. The lowest BCUT2D eigenvalue weighted by molar-refractivity contribution is -0.0466. The molecule has 1 fully saturated rings. The van der Waals surface area contributed by atoms with E-state index in [-0.39, 0.29) is 12.7 Å². The maximum Gasteiger partial charge on any atom is 0.126 e. The molecule has 1 aliphatic rings. The van der Waals surface area contributed by atoms with Crippen LogP contribution >= 0.6 is 11.6 Å². The maximum atomic E-state index is 9.31. The highest BCUT2D eigenvalue weighted by atomic mass is 35.5. The van der Waals surface area contributed by atoms with E-state index in [1.165, 1.54) is 0 Å². The van der Waals surface area contributed by atoms with Gasteiger partial charge in [-0.05, 0) is 18.7 Å². The van der Waals surface area contributed by atoms with Crippen molar-refractivity contribution in [3.05, 3.63) is 28.8 Å². The van der Waals surface area contributed by atoms with Crippen LogP contribution in [0.1, 0.15) is 12.5 Å². The number of aliphatic hydroxyl groups excluding tert-OH is 1. The van der Waals surface area contributed by atoms with Crippen molar-refractivity contribution in [3.8, 4) is 5.75 Å². The lowest BCUT2D eigenvalue weighted by Gasteiger charge is -2.32. The molecule has 0 amide bonds. The summed E-state index contributed by atoms with van der Waals surface area (Å²) in [5, 5.41) is 9.84. The summed E-state index contributed by atoms with van der Waals surface area (Å²) in [6.07, 6.45) is 0.0687. The molecule has 1 saturated heterocycles. The molecule has 0 radical (unpaired) electrons. The second kappa shape index (κ2) is 7.10. The molecule has 2 rings (SSSR count). The quantitative estimate of drug-likeness (QED) is 0.898. The highest BCUT2D eigenvalue weighted by Gasteiger charge is 2.20. The molecule has 1 aromatic carbocycles. The molecule has 0 bridgehead atoms. The molecule has 5 heteroatoms. The van der Waals surface area contributed by atoms with E-state index in [1.807, 2.05) is 12.1 Å². The molecular formula is C14H20ClNO3. The maximum absolute atomic E-state index is 9.31. The van der Waals surface area contributed by atoms with Gasteiger partial charge in [-0.25, -0.2) is 0 Å². The second-order valence-electron chi connectivity index (χ2n) is 4.57. The van der Waals surface area contributed by atoms with Crippen molar-refractivity contribution in [1.82, 2.24) is 4.90 Å². The van der Waals surface area contributed by atoms with Gasteiger partial charge in [-0.2, -0.15) is 0 Å². The summed E-state index contributed by atoms with van der Waals surface area (Å²) in [6.45, 7) is 6.12. The minimum Gasteiger partial charge on any atom is -0.490 e. The van der Waals surface area contributed by atoms with Crippen molar-refractivity contribution < 1.29 is 14.6 Å². The first kappa shape index (κ1) is 14.6. The smallest absolute Gasteiger partial charge is 0.126 e. The van der Waals surface area contributed by atoms with Crippen molar-refractivity contribution in [2.75, 3.05) is 32.8 Å². The highest BCUT2D eigenvalue weighted by Crippen LogP contribution is 2.26. The number of ether oxygens (including phenoxy) is 2. The molecule has 1 atom stereocenters. The van der Waals surface area contributed by atoms with Crippen molar-refractivity contribution in [2.24, 2.45) is 0 Å². The minimum absolute atomic E-state index is 0.0687. The molecule has 0 saturated carbocycles. The van der Waals surface area contributed by atoms with Gasteiger partial charge >= 0.3 is 0 Å². The van der Waals surface area contributed by atoms with Crippen molar-refractivity contribution >= 4 is 11.6 Å². The predicted molar refractivity (Wildman–Crippen MR) is 74.7 cm³/mol. The van der Waals surface area contributed by atoms with Crippen molar-refractivity contribution in [3.63, 3.8) is 0 Å². The van der Waals surface area contributed by atoms with Gasteiger partial charge in [0.2, 0.25) is 0 Å². The number of aliphatic hydroxyl groups is 1. The Hall–Kier alpha value is -0.810. The number of hydrogen-bond acceptors (Lipinski definition) is 4. The summed E-state index contributed by atoms with van der Waals surface area (Å²) in [5.74, 6) is 0.632. The molecule has 1 unspecified atom stereocenters. The zero-order chi connectivity index (χ0) is 13.7. The molecule has 1 aliphatic heterocycles. The third-order valence-electron chi connectivity index (χ3n) is 3.33. The van der Waals surface area contributed by atoms with Gasteiger partial charge in [0, 0.05) is 23.7 Å². The number of nitrogens with zero attached hydrogens (tertiary/aromatic N) is 1. The Morgan fingerprint density at radius 2 is 2.37 bits per heavy atom. The van der Waals surface area contributed by atoms with E-state index in [4.69, 9.17) is 21.1 Å². The third-order valence-corrected chi connectivity index (χ3v) is 3.68. The fraction of sp³-hybridized carbons (Fsp3) is 0.571. The van der Waals surface area contributed by atoms with Gasteiger partial charge in [0.25, 0.3) is 0 Å². The van der Waals surface area contributed by atoms with Crippen LogP contribution in [0.5, 0.6) is 5.75 Å². The van der Waals surface area contributed by atoms with E-state index < -0.39 is 0 Å². The highest BCUT2D eigenvalue weighted by molar-refractivity contribution is 6.31. The van der Waals surface area contributed by atoms with Crippen LogP contribution in [0.3, 0.4) is 0 Å². The summed E-state index contributed by atoms with van der Waals surface area (Å²) >= 11 is 6.02. The Kier molecular flexibility index (Phi) is 5.45. The first-order valence-electron chi connectivity index (χ1n) is 6.59. The molecule has 1 aromatic rings. The number of likely N-dealkylation sites (N-methyl/N-ethyl adjacent to an activating group) is 1. The Bertz CT molecular complexity index is 414. The van der Waals surface area contributed by atoms with E-state index in [0.717, 1.165) is 26.2 Å². The van der Waals surface area contributed by atoms with Crippen LogP contribution in [0, 0.1) is 0 Å². The zero-order valence-electron chi connectivity index (χ0n) is 11.1. The number of halogens is 1. The molecule has 106 valence electrons. The first-order valence-corrected chi connectivity index (χ1v) is 6.97. The summed E-state index contributed by atoms with van der Waals surface area (Å²) in [6, 6.07) is 5.38. The van der Waals surface area contributed by atoms with Crippen LogP contribution in [0.15, 0.2) is 18.2 Å². The monoisotopic (exact) mass is 285 g/mol. The van der Waals surface area contributed by atoms with E-state index in [2.05, 4.69) is 11.8 Å². The average Bonchev–Trinajstić information content (AvgIpc) is 2.45. The molecule has 1 N–H and O–H groups in total. The first-order chi connectivity index (χ1) is 9.24. The number of hydrogen-bond donors (Lipinski definition) is 1. The topological polar surface area (TPSA) is 41.9 Å². The van der Waals surface area contributed by atoms with Gasteiger partial charge in [0.05, 0.1) is 13.2 Å². The van der Waals surface area contributed by atoms with Gasteiger partial charge in [-0.1, -0.05) is 24.6 Å². The Morgan fingerprint density at radius 3 is 3.11 bits per heavy atom. The normalized spacial score (nSPS) is 20.5. The van der Waals surface area contributed by atoms with Crippen LogP contribution in [0.25, 0.3) is 0 Å². The summed E-state index contributed by atoms with van der Waals surface area (Å²) in [5.41, 5.74) is 0.632. The summed E-state index contributed by atoms with van der Waals surface area (Å²) < 4.78 is 11.4. The molecule has 1 heterocycles. The van der Waals surface area contributed by atoms with E-state index in [1.54, 1.807) is 6.07 Å². The van der Waals surface area contributed by atoms with E-state index in [0.29, 0.717) is 22.9 Å². The SMILES string of the molecule is CCN1CCOC(COc2cccc(Cl)c2CO)C1. The van der Waals surface area contributed by atoms with Crippen LogP contribution in [-0.2, 0) is 11.3 Å². The average molecular weight is 286 g/mol. The third kappa shape index (κ3) is 3.83. The molecule has 0 aromatic heterocycles. The lowest BCUT2D eigenvalue weighted by atomic mass is 10.2. The molecule has 19 heavy (non-hydrogen) atoms. The molecule has 4 nitrogen and oxygen atoms in total. The Morgan fingerprint density at radius 1 is 1.53 bits per heavy atom. The van der Waals surface area contributed by atoms with E-state index >= 15 is 0 Å². The van der Waals surface area contributed by atoms with E-state index in [9.17, 15) is 5.11 Å². The summed E-state index contributed by atoms with van der Waals surface area (Å²) in [7, 11) is 0. The lowest BCUT2D eigenvalue weighted by Crippen LogP contribution is -2.44. The Labute approximate surface area is 118 Å². The predicted octanol–water partition coefficient (Wildman–Crippen LogP) is 1.93. The van der Waals surface area contributed by atoms with Gasteiger partial charge in [0.1, 0.15) is 18.5 Å². The van der Waals surface area contributed by atoms with Gasteiger partial charge in [0.15, 0.2) is 0 Å². The van der Waals surface area contributed by atoms with Crippen molar-refractivity contribution in [1.29, 1.82) is 0 Å². The second-order valence-corrected chi connectivity index (χ2v) is 4.98. The van der Waals surface area contributed by atoms with Crippen LogP contribution in [-0.4, -0.2) is 49.0 Å². The number of rotatable bonds is 5. The van der Waals surface area contributed by atoms with Gasteiger partial charge in [-0.15, -0.1) is 0 Å². The van der Waals surface area contributed by atoms with Crippen LogP contribution in [0.2, 0.25) is 5.02 Å². The number of benzene rings is 1. The summed E-state index contributed by atoms with van der Waals surface area (Å²) in [4.78, 5) is 2.34.